The van der Waals surface area contributed by atoms with Crippen molar-refractivity contribution in [3.05, 3.63) is 221 Å². The number of allylic oxidation sites excluding steroid dienone is 1. The van der Waals surface area contributed by atoms with Crippen LogP contribution in [-0.4, -0.2) is 271 Å². The van der Waals surface area contributed by atoms with Crippen molar-refractivity contribution < 1.29 is 106 Å². The number of aliphatic hydroxyl groups excluding tert-OH is 3. The number of amides is 8. The number of fused-ring (bicyclic) bond motifs is 1. The van der Waals surface area contributed by atoms with Gasteiger partial charge in [0.2, 0.25) is 41.4 Å². The fraction of sp³-hybridized carbons (Fsp3) is 0.510. The second kappa shape index (κ2) is 59.9. The average molecular weight is 1870 g/mol. The maximum Gasteiger partial charge on any atom is 0.407 e. The van der Waals surface area contributed by atoms with E-state index in [1.807, 2.05) is 48.5 Å². The lowest BCUT2D eigenvalue weighted by molar-refractivity contribution is -0.137. The Bertz CT molecular complexity index is 4350. The molecule has 1 heterocycles. The van der Waals surface area contributed by atoms with Crippen molar-refractivity contribution >= 4 is 97.9 Å². The van der Waals surface area contributed by atoms with Crippen LogP contribution in [0.3, 0.4) is 0 Å². The zero-order chi connectivity index (χ0) is 93.9. The number of unbranched alkanes of at least 4 members (excludes halogenated alkanes) is 1. The molecule has 10 atom stereocenters. The Balaban J connectivity index is 0.776. The molecule has 0 bridgehead atoms. The molecule has 8 rings (SSSR count). The Kier molecular flexibility index (Phi) is 48.9. The number of benzene rings is 6. The van der Waals surface area contributed by atoms with Crippen LogP contribution in [-0.2, 0) is 110 Å². The molecule has 0 aromatic heterocycles. The summed E-state index contributed by atoms with van der Waals surface area (Å²) in [6.07, 6.45) is 0.0449. The van der Waals surface area contributed by atoms with Gasteiger partial charge in [0.1, 0.15) is 41.6 Å². The summed E-state index contributed by atoms with van der Waals surface area (Å²) in [5.74, 6) is -7.14. The Morgan fingerprint density at radius 2 is 1.02 bits per heavy atom. The lowest BCUT2D eigenvalue weighted by Gasteiger charge is -2.35. The molecule has 1 saturated heterocycles. The fourth-order valence-corrected chi connectivity index (χ4v) is 18.4. The van der Waals surface area contributed by atoms with Crippen LogP contribution in [0.1, 0.15) is 131 Å². The number of aliphatic hydroxyl groups is 3. The summed E-state index contributed by atoms with van der Waals surface area (Å²) < 4.78 is 50.3. The van der Waals surface area contributed by atoms with Gasteiger partial charge in [-0.05, 0) is 118 Å². The molecule has 1 aliphatic heterocycles. The van der Waals surface area contributed by atoms with Crippen LogP contribution in [0.25, 0.3) is 5.57 Å². The standard InChI is InChI=1S/C98H132N8O22S3/c1-69(108)84(66-107)103-94(117)86-68-131-130-67-85(87(111)65-75(62-71-26-11-6-12-27-71)90(113)102-83(64-74-41-40-73-30-21-22-38-80(73)74)93(116)101-81(91(114)106-89(70(2)109)95(118)105-86)39-23-24-44-99-96(119)128-97(3,4)5)104-92(115)82(63-72-28-13-7-14-29-72)100-88(112)42-46-121-48-50-123-52-54-125-56-58-127-60-59-126-57-55-124-53-51-122-49-47-120-45-25-37-79(110)43-61-129-98(76-31-15-8-16-32-76,77-33-17-9-18-34-77)78-35-19-10-20-36-78/h6-22,26-36,38,41,69-70,75,81-86,89,107-109H,23-25,37,39-40,42-68H2,1-5H3,(H,99,119)(H,100,112)(H,101,116)(H,102,113)(H,103,117)(H,104,115)(H,105,118)(H,106,114)/t69-,70-,75-,81+,82-,83-,84-,85+,86+,89+/m1/s1. The average Bonchev–Trinajstić information content (AvgIpc) is 0.770. The van der Waals surface area contributed by atoms with E-state index in [0.29, 0.717) is 127 Å². The van der Waals surface area contributed by atoms with Crippen molar-refractivity contribution in [3.63, 3.8) is 0 Å². The van der Waals surface area contributed by atoms with Crippen LogP contribution in [0.4, 0.5) is 4.79 Å². The summed E-state index contributed by atoms with van der Waals surface area (Å²) in [7, 11) is 2.00. The van der Waals surface area contributed by atoms with E-state index in [0.717, 1.165) is 32.7 Å². The Labute approximate surface area is 781 Å². The minimum atomic E-state index is -1.77. The lowest BCUT2D eigenvalue weighted by Crippen LogP contribution is -2.61. The van der Waals surface area contributed by atoms with Crippen LogP contribution in [0.5, 0.6) is 0 Å². The van der Waals surface area contributed by atoms with Crippen molar-refractivity contribution in [3.8, 4) is 0 Å². The molecule has 6 aromatic rings. The van der Waals surface area contributed by atoms with E-state index in [4.69, 9.17) is 42.6 Å². The third-order valence-electron chi connectivity index (χ3n) is 21.4. The highest BCUT2D eigenvalue weighted by Gasteiger charge is 2.40. The minimum Gasteiger partial charge on any atom is -0.444 e. The van der Waals surface area contributed by atoms with E-state index >= 15 is 14.4 Å². The van der Waals surface area contributed by atoms with Crippen molar-refractivity contribution in [2.45, 2.75) is 177 Å². The molecule has 2 aliphatic rings. The summed E-state index contributed by atoms with van der Waals surface area (Å²) in [5.41, 5.74) is 6.56. The summed E-state index contributed by atoms with van der Waals surface area (Å²) in [4.78, 5) is 144. The zero-order valence-corrected chi connectivity index (χ0v) is 78.2. The summed E-state index contributed by atoms with van der Waals surface area (Å²) >= 11 is 1.80. The molecule has 0 unspecified atom stereocenters. The van der Waals surface area contributed by atoms with Crippen LogP contribution in [0, 0.1) is 5.92 Å². The third kappa shape index (κ3) is 39.3. The molecular weight excluding hydrogens is 1740 g/mol. The highest BCUT2D eigenvalue weighted by molar-refractivity contribution is 8.76. The summed E-state index contributed by atoms with van der Waals surface area (Å²) in [6, 6.07) is 46.8. The number of hydrogen-bond donors (Lipinski definition) is 11. The highest BCUT2D eigenvalue weighted by atomic mass is 33.1. The molecule has 11 N–H and O–H groups in total. The lowest BCUT2D eigenvalue weighted by atomic mass is 9.84. The number of carbonyl (C=O) groups is 10. The van der Waals surface area contributed by atoms with Gasteiger partial charge in [-0.2, -0.15) is 0 Å². The first-order chi connectivity index (χ1) is 63.4. The van der Waals surface area contributed by atoms with Crippen LogP contribution in [0.15, 0.2) is 182 Å². The topological polar surface area (TPSA) is 411 Å². The van der Waals surface area contributed by atoms with E-state index in [2.05, 4.69) is 115 Å². The van der Waals surface area contributed by atoms with Gasteiger partial charge in [0.05, 0.1) is 135 Å². The first-order valence-corrected chi connectivity index (χ1v) is 48.5. The number of hydrogen-bond acceptors (Lipinski definition) is 25. The van der Waals surface area contributed by atoms with Gasteiger partial charge in [-0.3, -0.25) is 43.2 Å². The molecule has 0 spiro atoms. The number of nitrogens with one attached hydrogen (secondary N) is 8. The molecule has 0 radical (unpaired) electrons. The largest absolute Gasteiger partial charge is 0.444 e. The first-order valence-electron chi connectivity index (χ1n) is 45.0. The molecule has 0 saturated carbocycles. The van der Waals surface area contributed by atoms with Crippen molar-refractivity contribution in [1.29, 1.82) is 0 Å². The number of ketones is 2. The number of carbonyl (C=O) groups excluding carboxylic acids is 10. The maximum absolute atomic E-state index is 15.4. The number of alkyl carbamates (subject to hydrolysis) is 1. The predicted octanol–water partition coefficient (Wildman–Crippen LogP) is 8.30. The third-order valence-corrected chi connectivity index (χ3v) is 25.4. The highest BCUT2D eigenvalue weighted by Crippen LogP contribution is 2.49. The number of ether oxygens (including phenoxy) is 9. The van der Waals surface area contributed by atoms with Gasteiger partial charge in [0.25, 0.3) is 0 Å². The van der Waals surface area contributed by atoms with Crippen molar-refractivity contribution in [2.75, 3.05) is 136 Å². The van der Waals surface area contributed by atoms with Crippen LogP contribution in [0.2, 0.25) is 0 Å². The van der Waals surface area contributed by atoms with E-state index in [1.165, 1.54) is 30.5 Å². The zero-order valence-electron chi connectivity index (χ0n) is 75.8. The second-order valence-corrected chi connectivity index (χ2v) is 36.7. The smallest absolute Gasteiger partial charge is 0.407 e. The Hall–Kier alpha value is -9.43. The normalized spacial score (nSPS) is 18.2. The van der Waals surface area contributed by atoms with Gasteiger partial charge >= 0.3 is 6.09 Å². The van der Waals surface area contributed by atoms with Gasteiger partial charge in [0.15, 0.2) is 5.78 Å². The summed E-state index contributed by atoms with van der Waals surface area (Å²) in [5, 5.41) is 53.8. The van der Waals surface area contributed by atoms with Gasteiger partial charge in [-0.15, -0.1) is 11.8 Å². The molecule has 30 nitrogen and oxygen atoms in total. The molecule has 33 heteroatoms. The van der Waals surface area contributed by atoms with Crippen LogP contribution < -0.4 is 42.5 Å². The maximum atomic E-state index is 15.4. The monoisotopic (exact) mass is 1870 g/mol. The predicted molar refractivity (Wildman–Crippen MR) is 505 cm³/mol. The van der Waals surface area contributed by atoms with E-state index in [9.17, 15) is 48.9 Å². The van der Waals surface area contributed by atoms with E-state index in [-0.39, 0.29) is 95.2 Å². The number of thioether (sulfide) groups is 1. The van der Waals surface area contributed by atoms with Crippen LogP contribution >= 0.6 is 33.3 Å². The Morgan fingerprint density at radius 1 is 0.519 bits per heavy atom. The summed E-state index contributed by atoms with van der Waals surface area (Å²) in [6.45, 7) is 12.3. The quantitative estimate of drug-likeness (QED) is 0.00971. The minimum absolute atomic E-state index is 0.0208. The van der Waals surface area contributed by atoms with Gasteiger partial charge < -0.3 is 100 Å². The van der Waals surface area contributed by atoms with Gasteiger partial charge in [-0.25, -0.2) is 4.79 Å². The van der Waals surface area contributed by atoms with E-state index in [1.54, 1.807) is 93.2 Å². The molecule has 131 heavy (non-hydrogen) atoms. The van der Waals surface area contributed by atoms with E-state index < -0.39 is 137 Å². The van der Waals surface area contributed by atoms with Crippen molar-refractivity contribution in [2.24, 2.45) is 5.92 Å². The van der Waals surface area contributed by atoms with Crippen molar-refractivity contribution in [1.82, 2.24) is 42.5 Å². The second-order valence-electron chi connectivity index (χ2n) is 32.8. The van der Waals surface area contributed by atoms with Gasteiger partial charge in [-0.1, -0.05) is 204 Å². The molecule has 1 aliphatic carbocycles. The molecule has 1 fully saturated rings. The molecule has 6 aromatic carbocycles. The molecule has 714 valence electrons. The molecule has 8 amide bonds. The first kappa shape index (κ1) is 107. The SMILES string of the molecule is C[C@@H](O)[C@@H]1NC(=O)[C@H](CCCCNC(=O)OC(C)(C)C)NC(=O)[C@@H](CC2=CCc3ccccc32)NC(=O)[C@H](Cc2ccccc2)CC(=O)[C@@H](NC(=O)[C@@H](Cc2ccccc2)NC(=O)CCOCCOCCOCCOCCOCCOCCOCCOCCCC(=O)CCSC(c2ccccc2)(c2ccccc2)c2ccccc2)CSSC[C@@H](C(=O)N[C@H](CO)[C@@H](C)O)NC1=O. The van der Waals surface area contributed by atoms with Gasteiger partial charge in [0, 0.05) is 74.9 Å². The Morgan fingerprint density at radius 3 is 1.55 bits per heavy atom. The molecular formula is C98H132N8O22S3. The number of rotatable bonds is 54. The fourth-order valence-electron chi connectivity index (χ4n) is 14.5. The number of Topliss-reactive ketones (excluding diaryl/α,β-unsaturated/α-hetero) is 2.